The molecule has 0 heterocycles. The van der Waals surface area contributed by atoms with E-state index in [2.05, 4.69) is 13.8 Å². The fraction of sp³-hybridized carbons (Fsp3) is 0.250. The minimum absolute atomic E-state index is 0.413. The van der Waals surface area contributed by atoms with Crippen LogP contribution in [0, 0.1) is 5.92 Å². The molecule has 0 saturated heterocycles. The number of benzene rings is 2. The molecule has 0 amide bonds. The Morgan fingerprint density at radius 1 is 0.833 bits per heavy atom. The smallest absolute Gasteiger partial charge is 0.143 e. The predicted octanol–water partition coefficient (Wildman–Crippen LogP) is 3.66. The van der Waals surface area contributed by atoms with Gasteiger partial charge < -0.3 is 4.57 Å². The van der Waals surface area contributed by atoms with Gasteiger partial charge in [-0.05, 0) is 5.92 Å². The van der Waals surface area contributed by atoms with Gasteiger partial charge in [0.15, 0.2) is 0 Å². The summed E-state index contributed by atoms with van der Waals surface area (Å²) >= 11 is 0. The van der Waals surface area contributed by atoms with Crippen molar-refractivity contribution in [1.82, 2.24) is 0 Å². The number of hydrogen-bond acceptors (Lipinski definition) is 1. The Labute approximate surface area is 109 Å². The minimum Gasteiger partial charge on any atom is -0.314 e. The van der Waals surface area contributed by atoms with E-state index in [1.165, 1.54) is 0 Å². The molecule has 0 aliphatic heterocycles. The summed E-state index contributed by atoms with van der Waals surface area (Å²) in [6.07, 6.45) is 0.723. The second-order valence-corrected chi connectivity index (χ2v) is 7.86. The van der Waals surface area contributed by atoms with Crippen LogP contribution in [0.25, 0.3) is 0 Å². The minimum atomic E-state index is -2.48. The van der Waals surface area contributed by atoms with Crippen LogP contribution in [-0.4, -0.2) is 6.16 Å². The Morgan fingerprint density at radius 3 is 1.56 bits per heavy atom. The molecule has 0 aliphatic rings. The van der Waals surface area contributed by atoms with Crippen LogP contribution in [0.15, 0.2) is 60.7 Å². The first-order chi connectivity index (χ1) is 8.63. The van der Waals surface area contributed by atoms with Crippen molar-refractivity contribution in [2.24, 2.45) is 5.92 Å². The topological polar surface area (TPSA) is 17.1 Å². The molecule has 0 unspecified atom stereocenters. The van der Waals surface area contributed by atoms with E-state index in [0.717, 1.165) is 16.8 Å². The molecule has 0 bridgehead atoms. The molecule has 1 nitrogen and oxygen atoms in total. The lowest BCUT2D eigenvalue weighted by atomic mass is 10.3. The molecule has 18 heavy (non-hydrogen) atoms. The van der Waals surface area contributed by atoms with Gasteiger partial charge in [0.2, 0.25) is 0 Å². The Hall–Kier alpha value is -1.33. The summed E-state index contributed by atoms with van der Waals surface area (Å²) in [5.41, 5.74) is 0. The molecule has 2 aromatic carbocycles. The maximum atomic E-state index is 13.4. The predicted molar refractivity (Wildman–Crippen MR) is 79.5 cm³/mol. The molecule has 2 rings (SSSR count). The van der Waals surface area contributed by atoms with Crippen LogP contribution in [0.1, 0.15) is 13.8 Å². The van der Waals surface area contributed by atoms with Crippen LogP contribution in [0.3, 0.4) is 0 Å². The second-order valence-electron chi connectivity index (χ2n) is 4.99. The molecule has 2 aromatic rings. The van der Waals surface area contributed by atoms with E-state index < -0.39 is 7.14 Å². The molecule has 0 aromatic heterocycles. The van der Waals surface area contributed by atoms with Crippen molar-refractivity contribution in [2.45, 2.75) is 13.8 Å². The van der Waals surface area contributed by atoms with Crippen LogP contribution >= 0.6 is 7.14 Å². The van der Waals surface area contributed by atoms with Gasteiger partial charge >= 0.3 is 0 Å². The van der Waals surface area contributed by atoms with E-state index in [0.29, 0.717) is 5.92 Å². The van der Waals surface area contributed by atoms with Gasteiger partial charge in [-0.1, -0.05) is 74.5 Å². The first kappa shape index (κ1) is 13.1. The Balaban J connectivity index is 2.52. The highest BCUT2D eigenvalue weighted by Gasteiger charge is 2.27. The Morgan fingerprint density at radius 2 is 1.22 bits per heavy atom. The van der Waals surface area contributed by atoms with Crippen molar-refractivity contribution in [3.8, 4) is 0 Å². The molecule has 94 valence electrons. The van der Waals surface area contributed by atoms with Gasteiger partial charge in [-0.15, -0.1) is 0 Å². The quantitative estimate of drug-likeness (QED) is 0.765. The lowest BCUT2D eigenvalue weighted by Crippen LogP contribution is -2.20. The Bertz CT molecular complexity index is 488. The van der Waals surface area contributed by atoms with Gasteiger partial charge in [0.1, 0.15) is 7.14 Å². The van der Waals surface area contributed by atoms with Gasteiger partial charge in [0.05, 0.1) is 0 Å². The normalized spacial score (nSPS) is 11.7. The van der Waals surface area contributed by atoms with Gasteiger partial charge in [0.25, 0.3) is 0 Å². The molecule has 0 N–H and O–H groups in total. The van der Waals surface area contributed by atoms with Crippen LogP contribution in [0.2, 0.25) is 0 Å². The van der Waals surface area contributed by atoms with E-state index in [-0.39, 0.29) is 0 Å². The largest absolute Gasteiger partial charge is 0.314 e. The number of rotatable bonds is 4. The van der Waals surface area contributed by atoms with Crippen molar-refractivity contribution >= 4 is 17.8 Å². The SMILES string of the molecule is CC(C)CP(=O)(c1ccccc1)c1ccccc1. The standard InChI is InChI=1S/C16H19OP/c1-14(2)13-18(17,15-9-5-3-6-10-15)16-11-7-4-8-12-16/h3-12,14H,13H2,1-2H3. The highest BCUT2D eigenvalue weighted by atomic mass is 31.2. The zero-order chi connectivity index (χ0) is 13.0. The summed E-state index contributed by atoms with van der Waals surface area (Å²) in [5.74, 6) is 0.413. The third kappa shape index (κ3) is 2.73. The summed E-state index contributed by atoms with van der Waals surface area (Å²) < 4.78 is 13.4. The van der Waals surface area contributed by atoms with Crippen molar-refractivity contribution in [3.63, 3.8) is 0 Å². The Kier molecular flexibility index (Phi) is 4.04. The summed E-state index contributed by atoms with van der Waals surface area (Å²) in [5, 5.41) is 1.93. The highest BCUT2D eigenvalue weighted by Crippen LogP contribution is 2.44. The zero-order valence-electron chi connectivity index (χ0n) is 10.9. The van der Waals surface area contributed by atoms with Gasteiger partial charge in [-0.2, -0.15) is 0 Å². The van der Waals surface area contributed by atoms with Gasteiger partial charge in [-0.3, -0.25) is 0 Å². The van der Waals surface area contributed by atoms with Crippen molar-refractivity contribution in [2.75, 3.05) is 6.16 Å². The fourth-order valence-electron chi connectivity index (χ4n) is 2.21. The highest BCUT2D eigenvalue weighted by molar-refractivity contribution is 7.78. The van der Waals surface area contributed by atoms with Crippen molar-refractivity contribution in [3.05, 3.63) is 60.7 Å². The monoisotopic (exact) mass is 258 g/mol. The van der Waals surface area contributed by atoms with E-state index in [4.69, 9.17) is 0 Å². The van der Waals surface area contributed by atoms with E-state index in [9.17, 15) is 4.57 Å². The molecule has 2 heteroatoms. The first-order valence-electron chi connectivity index (χ1n) is 6.33. The van der Waals surface area contributed by atoms with Crippen molar-refractivity contribution < 1.29 is 4.57 Å². The summed E-state index contributed by atoms with van der Waals surface area (Å²) in [6.45, 7) is 4.25. The van der Waals surface area contributed by atoms with Crippen LogP contribution in [0.5, 0.6) is 0 Å². The third-order valence-electron chi connectivity index (χ3n) is 2.97. The molecule has 0 aliphatic carbocycles. The fourth-order valence-corrected chi connectivity index (χ4v) is 5.27. The maximum absolute atomic E-state index is 13.4. The number of hydrogen-bond donors (Lipinski definition) is 0. The average Bonchev–Trinajstić information content (AvgIpc) is 2.40. The van der Waals surface area contributed by atoms with Crippen LogP contribution in [-0.2, 0) is 4.57 Å². The van der Waals surface area contributed by atoms with Crippen LogP contribution in [0.4, 0.5) is 0 Å². The third-order valence-corrected chi connectivity index (χ3v) is 6.48. The molecule has 0 atom stereocenters. The second kappa shape index (κ2) is 5.54. The molecule has 0 radical (unpaired) electrons. The van der Waals surface area contributed by atoms with E-state index >= 15 is 0 Å². The summed E-state index contributed by atoms with van der Waals surface area (Å²) in [7, 11) is -2.48. The average molecular weight is 258 g/mol. The summed E-state index contributed by atoms with van der Waals surface area (Å²) in [4.78, 5) is 0. The molecular weight excluding hydrogens is 239 g/mol. The molecule has 0 saturated carbocycles. The lowest BCUT2D eigenvalue weighted by molar-refractivity contribution is 0.578. The van der Waals surface area contributed by atoms with Crippen LogP contribution < -0.4 is 10.6 Å². The molecule has 0 fully saturated rings. The van der Waals surface area contributed by atoms with E-state index in [1.807, 2.05) is 60.7 Å². The van der Waals surface area contributed by atoms with Crippen molar-refractivity contribution in [1.29, 1.82) is 0 Å². The zero-order valence-corrected chi connectivity index (χ0v) is 11.8. The van der Waals surface area contributed by atoms with Gasteiger partial charge in [-0.25, -0.2) is 0 Å². The maximum Gasteiger partial charge on any atom is 0.143 e. The molecular formula is C16H19OP. The lowest BCUT2D eigenvalue weighted by Gasteiger charge is -2.21. The molecule has 0 spiro atoms. The van der Waals surface area contributed by atoms with Gasteiger partial charge in [0, 0.05) is 16.8 Å². The van der Waals surface area contributed by atoms with E-state index in [1.54, 1.807) is 0 Å². The summed E-state index contributed by atoms with van der Waals surface area (Å²) in [6, 6.07) is 19.7. The first-order valence-corrected chi connectivity index (χ1v) is 8.22.